The third kappa shape index (κ3) is 2.06. The van der Waals surface area contributed by atoms with Crippen molar-refractivity contribution in [2.24, 2.45) is 0 Å². The molecule has 112 valence electrons. The summed E-state index contributed by atoms with van der Waals surface area (Å²) in [6.07, 6.45) is 2.29. The Bertz CT molecular complexity index is 754. The maximum atomic E-state index is 12.6. The van der Waals surface area contributed by atoms with Crippen LogP contribution in [0.25, 0.3) is 0 Å². The standard InChI is InChI=1S/C15H12IN3O2S/c16-18-15-17-11-6-5-8(7-12(11)22-15)19-13(20)9-3-1-2-4-10(9)14(19)21/h1-4,8H,5-7H2,(H,17,18). The molecule has 0 saturated heterocycles. The molecular weight excluding hydrogens is 413 g/mol. The maximum absolute atomic E-state index is 12.6. The molecule has 2 aromatic rings. The number of aryl methyl sites for hydroxylation is 1. The summed E-state index contributed by atoms with van der Waals surface area (Å²) in [5.74, 6) is -0.323. The van der Waals surface area contributed by atoms with Crippen LogP contribution in [0.15, 0.2) is 24.3 Å². The van der Waals surface area contributed by atoms with Crippen molar-refractivity contribution in [2.75, 3.05) is 3.53 Å². The monoisotopic (exact) mass is 425 g/mol. The van der Waals surface area contributed by atoms with Gasteiger partial charge in [0.05, 0.1) is 39.7 Å². The highest BCUT2D eigenvalue weighted by Gasteiger charge is 2.41. The first-order chi connectivity index (χ1) is 10.7. The predicted molar refractivity (Wildman–Crippen MR) is 92.5 cm³/mol. The van der Waals surface area contributed by atoms with Crippen molar-refractivity contribution < 1.29 is 9.59 Å². The topological polar surface area (TPSA) is 62.3 Å². The molecule has 4 rings (SSSR count). The van der Waals surface area contributed by atoms with Crippen LogP contribution >= 0.6 is 34.2 Å². The minimum Gasteiger partial charge on any atom is -0.304 e. The molecule has 1 aromatic carbocycles. The Labute approximate surface area is 145 Å². The van der Waals surface area contributed by atoms with Crippen LogP contribution < -0.4 is 3.53 Å². The number of nitrogens with one attached hydrogen (secondary N) is 1. The second-order valence-electron chi connectivity index (χ2n) is 5.41. The fourth-order valence-electron chi connectivity index (χ4n) is 3.16. The number of aromatic nitrogens is 1. The normalized spacial score (nSPS) is 20.0. The summed E-state index contributed by atoms with van der Waals surface area (Å²) in [4.78, 5) is 32.3. The number of hydrogen-bond acceptors (Lipinski definition) is 5. The highest BCUT2D eigenvalue weighted by atomic mass is 127. The first-order valence-electron chi connectivity index (χ1n) is 7.01. The van der Waals surface area contributed by atoms with Gasteiger partial charge in [-0.1, -0.05) is 12.1 Å². The molecule has 7 heteroatoms. The van der Waals surface area contributed by atoms with Crippen molar-refractivity contribution in [3.63, 3.8) is 0 Å². The summed E-state index contributed by atoms with van der Waals surface area (Å²) in [7, 11) is 0. The van der Waals surface area contributed by atoms with Crippen LogP contribution in [-0.4, -0.2) is 27.7 Å². The summed E-state index contributed by atoms with van der Waals surface area (Å²) < 4.78 is 3.03. The van der Waals surface area contributed by atoms with Gasteiger partial charge in [0, 0.05) is 17.3 Å². The van der Waals surface area contributed by atoms with E-state index in [4.69, 9.17) is 0 Å². The van der Waals surface area contributed by atoms with Crippen molar-refractivity contribution in [1.29, 1.82) is 0 Å². The number of thiazole rings is 1. The summed E-state index contributed by atoms with van der Waals surface area (Å²) in [6, 6.07) is 6.99. The van der Waals surface area contributed by atoms with Gasteiger partial charge in [0.25, 0.3) is 11.8 Å². The van der Waals surface area contributed by atoms with Gasteiger partial charge >= 0.3 is 0 Å². The van der Waals surface area contributed by atoms with Crippen LogP contribution in [0.1, 0.15) is 37.7 Å². The highest BCUT2D eigenvalue weighted by Crippen LogP contribution is 2.35. The highest BCUT2D eigenvalue weighted by molar-refractivity contribution is 14.1. The fourth-order valence-corrected chi connectivity index (χ4v) is 4.58. The molecule has 1 aromatic heterocycles. The quantitative estimate of drug-likeness (QED) is 0.457. The van der Waals surface area contributed by atoms with E-state index >= 15 is 0 Å². The van der Waals surface area contributed by atoms with E-state index in [-0.39, 0.29) is 17.9 Å². The minimum absolute atomic E-state index is 0.0672. The third-order valence-corrected chi connectivity index (χ3v) is 6.10. The first-order valence-corrected chi connectivity index (χ1v) is 8.90. The SMILES string of the molecule is O=C1c2ccccc2C(=O)N1C1CCc2nc(NI)sc2C1. The van der Waals surface area contributed by atoms with Gasteiger partial charge in [0.1, 0.15) is 0 Å². The van der Waals surface area contributed by atoms with Gasteiger partial charge in [-0.05, 0) is 25.0 Å². The van der Waals surface area contributed by atoms with E-state index in [1.807, 2.05) is 0 Å². The Hall–Kier alpha value is -1.48. The summed E-state index contributed by atoms with van der Waals surface area (Å²) >= 11 is 3.67. The Morgan fingerprint density at radius 2 is 1.91 bits per heavy atom. The molecule has 22 heavy (non-hydrogen) atoms. The number of benzene rings is 1. The molecule has 1 N–H and O–H groups in total. The number of carbonyl (C=O) groups is 2. The lowest BCUT2D eigenvalue weighted by Gasteiger charge is -2.28. The van der Waals surface area contributed by atoms with E-state index in [9.17, 15) is 9.59 Å². The number of hydrogen-bond donors (Lipinski definition) is 1. The molecule has 1 aliphatic heterocycles. The van der Waals surface area contributed by atoms with Crippen molar-refractivity contribution in [3.8, 4) is 0 Å². The van der Waals surface area contributed by atoms with Crippen molar-refractivity contribution in [1.82, 2.24) is 9.88 Å². The fraction of sp³-hybridized carbons (Fsp3) is 0.267. The number of carbonyl (C=O) groups excluding carboxylic acids is 2. The van der Waals surface area contributed by atoms with Crippen LogP contribution in [0.5, 0.6) is 0 Å². The van der Waals surface area contributed by atoms with Crippen LogP contribution in [0.2, 0.25) is 0 Å². The molecule has 2 heterocycles. The summed E-state index contributed by atoms with van der Waals surface area (Å²) in [5.41, 5.74) is 2.14. The molecule has 1 atom stereocenters. The van der Waals surface area contributed by atoms with Gasteiger partial charge < -0.3 is 3.53 Å². The largest absolute Gasteiger partial charge is 0.304 e. The van der Waals surface area contributed by atoms with Gasteiger partial charge in [-0.25, -0.2) is 4.98 Å². The van der Waals surface area contributed by atoms with Crippen LogP contribution in [0, 0.1) is 0 Å². The summed E-state index contributed by atoms with van der Waals surface area (Å²) in [6.45, 7) is 0. The van der Waals surface area contributed by atoms with E-state index in [0.717, 1.165) is 23.7 Å². The van der Waals surface area contributed by atoms with Crippen LogP contribution in [-0.2, 0) is 12.8 Å². The zero-order valence-corrected chi connectivity index (χ0v) is 14.5. The van der Waals surface area contributed by atoms with Gasteiger partial charge in [0.2, 0.25) is 0 Å². The van der Waals surface area contributed by atoms with E-state index in [1.54, 1.807) is 35.6 Å². The first kappa shape index (κ1) is 14.1. The number of halogens is 1. The number of amides is 2. The van der Waals surface area contributed by atoms with Crippen LogP contribution in [0.3, 0.4) is 0 Å². The van der Waals surface area contributed by atoms with E-state index < -0.39 is 0 Å². The Morgan fingerprint density at radius 3 is 2.55 bits per heavy atom. The Morgan fingerprint density at radius 1 is 1.23 bits per heavy atom. The van der Waals surface area contributed by atoms with E-state index in [0.29, 0.717) is 17.5 Å². The molecular formula is C15H12IN3O2S. The molecule has 2 amide bonds. The smallest absolute Gasteiger partial charge is 0.261 e. The van der Waals surface area contributed by atoms with Crippen molar-refractivity contribution >= 4 is 51.1 Å². The van der Waals surface area contributed by atoms with E-state index in [2.05, 4.69) is 31.4 Å². The van der Waals surface area contributed by atoms with Crippen molar-refractivity contribution in [3.05, 3.63) is 46.0 Å². The number of rotatable bonds is 2. The Balaban J connectivity index is 1.64. The third-order valence-electron chi connectivity index (χ3n) is 4.19. The molecule has 0 bridgehead atoms. The molecule has 1 unspecified atom stereocenters. The number of anilines is 1. The van der Waals surface area contributed by atoms with Gasteiger partial charge in [0.15, 0.2) is 5.13 Å². The maximum Gasteiger partial charge on any atom is 0.261 e. The molecule has 2 aliphatic rings. The Kier molecular flexibility index (Phi) is 3.41. The number of nitrogens with zero attached hydrogens (tertiary/aromatic N) is 2. The molecule has 0 radical (unpaired) electrons. The minimum atomic E-state index is -0.161. The van der Waals surface area contributed by atoms with Gasteiger partial charge in [-0.15, -0.1) is 11.3 Å². The second kappa shape index (κ2) is 5.31. The molecule has 1 aliphatic carbocycles. The van der Waals surface area contributed by atoms with Gasteiger partial charge in [-0.2, -0.15) is 0 Å². The molecule has 0 fully saturated rings. The van der Waals surface area contributed by atoms with E-state index in [1.165, 1.54) is 9.78 Å². The van der Waals surface area contributed by atoms with Gasteiger partial charge in [-0.3, -0.25) is 14.5 Å². The number of fused-ring (bicyclic) bond motifs is 2. The number of imide groups is 1. The lowest BCUT2D eigenvalue weighted by Crippen LogP contribution is -2.42. The zero-order valence-electron chi connectivity index (χ0n) is 11.5. The van der Waals surface area contributed by atoms with Crippen molar-refractivity contribution in [2.45, 2.75) is 25.3 Å². The molecule has 5 nitrogen and oxygen atoms in total. The second-order valence-corrected chi connectivity index (χ2v) is 7.03. The predicted octanol–water partition coefficient (Wildman–Crippen LogP) is 3.06. The lowest BCUT2D eigenvalue weighted by molar-refractivity contribution is 0.0571. The van der Waals surface area contributed by atoms with Crippen LogP contribution in [0.4, 0.5) is 5.13 Å². The molecule has 0 saturated carbocycles. The zero-order chi connectivity index (χ0) is 15.3. The lowest BCUT2D eigenvalue weighted by atomic mass is 9.96. The summed E-state index contributed by atoms with van der Waals surface area (Å²) in [5, 5.41) is 0.883. The average Bonchev–Trinajstić information content (AvgIpc) is 3.07. The molecule has 0 spiro atoms. The average molecular weight is 425 g/mol.